The predicted molar refractivity (Wildman–Crippen MR) is 63.9 cm³/mol. The van der Waals surface area contributed by atoms with Crippen molar-refractivity contribution in [1.29, 1.82) is 0 Å². The van der Waals surface area contributed by atoms with Gasteiger partial charge in [0, 0.05) is 15.4 Å². The molecule has 0 saturated heterocycles. The summed E-state index contributed by atoms with van der Waals surface area (Å²) >= 11 is 3.09. The monoisotopic (exact) mass is 299 g/mol. The number of nitrogens with one attached hydrogen (secondary N) is 1. The molecule has 0 unspecified atom stereocenters. The van der Waals surface area contributed by atoms with Crippen LogP contribution in [0.1, 0.15) is 15.9 Å². The van der Waals surface area contributed by atoms with Crippen LogP contribution >= 0.6 is 15.9 Å². The first kappa shape index (κ1) is 11.8. The maximum atomic E-state index is 13.3. The van der Waals surface area contributed by atoms with Crippen LogP contribution in [-0.4, -0.2) is 16.1 Å². The molecule has 0 atom stereocenters. The number of hydrogen-bond acceptors (Lipinski definition) is 2. The largest absolute Gasteiger partial charge is 0.478 e. The zero-order valence-corrected chi connectivity index (χ0v) is 10.3. The Kier molecular flexibility index (Phi) is 2.74. The molecule has 0 bridgehead atoms. The van der Waals surface area contributed by atoms with E-state index in [0.29, 0.717) is 4.47 Å². The van der Waals surface area contributed by atoms with Crippen molar-refractivity contribution in [2.75, 3.05) is 0 Å². The highest BCUT2D eigenvalue weighted by Gasteiger charge is 2.17. The number of pyridine rings is 1. The smallest absolute Gasteiger partial charge is 0.336 e. The molecule has 0 aliphatic heterocycles. The van der Waals surface area contributed by atoms with E-state index in [9.17, 15) is 14.0 Å². The summed E-state index contributed by atoms with van der Waals surface area (Å²) in [5.74, 6) is -1.82. The number of aromatic nitrogens is 1. The van der Waals surface area contributed by atoms with Gasteiger partial charge >= 0.3 is 5.97 Å². The Morgan fingerprint density at radius 1 is 1.47 bits per heavy atom. The van der Waals surface area contributed by atoms with Gasteiger partial charge in [0.2, 0.25) is 0 Å². The van der Waals surface area contributed by atoms with Crippen molar-refractivity contribution >= 4 is 32.8 Å². The number of carbonyl (C=O) groups is 1. The van der Waals surface area contributed by atoms with E-state index in [1.807, 2.05) is 0 Å². The topological polar surface area (TPSA) is 70.2 Å². The van der Waals surface area contributed by atoms with Gasteiger partial charge in [-0.25, -0.2) is 9.18 Å². The molecule has 0 saturated carbocycles. The lowest BCUT2D eigenvalue weighted by Crippen LogP contribution is -2.16. The Morgan fingerprint density at radius 2 is 2.12 bits per heavy atom. The Balaban J connectivity index is 3.09. The molecule has 0 aliphatic carbocycles. The highest BCUT2D eigenvalue weighted by Crippen LogP contribution is 2.26. The van der Waals surface area contributed by atoms with E-state index in [0.717, 1.165) is 6.07 Å². The van der Waals surface area contributed by atoms with Crippen LogP contribution in [-0.2, 0) is 0 Å². The number of carboxylic acid groups (broad SMARTS) is 1. The standard InChI is InChI=1S/C11H7BrFNO3/c1-4-8(11(16)17)6-2-5(13)3-7(12)9(6)14-10(4)15/h2-3H,1H3,(H,14,15)(H,16,17). The second-order valence-electron chi connectivity index (χ2n) is 3.57. The van der Waals surface area contributed by atoms with E-state index in [1.165, 1.54) is 13.0 Å². The number of aromatic amines is 1. The zero-order valence-electron chi connectivity index (χ0n) is 8.67. The summed E-state index contributed by atoms with van der Waals surface area (Å²) in [6, 6.07) is 2.26. The lowest BCUT2D eigenvalue weighted by atomic mass is 10.0. The van der Waals surface area contributed by atoms with E-state index in [1.54, 1.807) is 0 Å². The zero-order chi connectivity index (χ0) is 12.7. The van der Waals surface area contributed by atoms with Gasteiger partial charge in [-0.15, -0.1) is 0 Å². The van der Waals surface area contributed by atoms with E-state index >= 15 is 0 Å². The lowest BCUT2D eigenvalue weighted by molar-refractivity contribution is 0.0698. The van der Waals surface area contributed by atoms with Crippen LogP contribution in [0.25, 0.3) is 10.9 Å². The van der Waals surface area contributed by atoms with Crippen molar-refractivity contribution < 1.29 is 14.3 Å². The molecule has 17 heavy (non-hydrogen) atoms. The summed E-state index contributed by atoms with van der Waals surface area (Å²) < 4.78 is 13.6. The molecule has 2 aromatic rings. The summed E-state index contributed by atoms with van der Waals surface area (Å²) in [5, 5.41) is 9.25. The summed E-state index contributed by atoms with van der Waals surface area (Å²) in [5.41, 5.74) is -0.340. The van der Waals surface area contributed by atoms with Gasteiger partial charge in [-0.05, 0) is 35.0 Å². The molecule has 2 N–H and O–H groups in total. The van der Waals surface area contributed by atoms with Gasteiger partial charge in [-0.1, -0.05) is 0 Å². The lowest BCUT2D eigenvalue weighted by Gasteiger charge is -2.07. The van der Waals surface area contributed by atoms with Gasteiger partial charge in [-0.3, -0.25) is 4.79 Å². The van der Waals surface area contributed by atoms with Gasteiger partial charge in [0.1, 0.15) is 5.82 Å². The minimum atomic E-state index is -1.25. The van der Waals surface area contributed by atoms with Gasteiger partial charge in [0.15, 0.2) is 0 Å². The fraction of sp³-hybridized carbons (Fsp3) is 0.0909. The van der Waals surface area contributed by atoms with Crippen LogP contribution in [0.15, 0.2) is 21.4 Å². The summed E-state index contributed by atoms with van der Waals surface area (Å²) in [6.07, 6.45) is 0. The van der Waals surface area contributed by atoms with Crippen LogP contribution in [0.5, 0.6) is 0 Å². The molecule has 0 amide bonds. The minimum Gasteiger partial charge on any atom is -0.478 e. The van der Waals surface area contributed by atoms with Crippen molar-refractivity contribution in [1.82, 2.24) is 4.98 Å². The summed E-state index contributed by atoms with van der Waals surface area (Å²) in [6.45, 7) is 1.39. The van der Waals surface area contributed by atoms with Crippen LogP contribution < -0.4 is 5.56 Å². The fourth-order valence-corrected chi connectivity index (χ4v) is 2.23. The molecule has 2 rings (SSSR count). The second-order valence-corrected chi connectivity index (χ2v) is 4.42. The first-order valence-corrected chi connectivity index (χ1v) is 5.46. The molecule has 4 nitrogen and oxygen atoms in total. The molecule has 88 valence electrons. The van der Waals surface area contributed by atoms with Crippen molar-refractivity contribution in [2.24, 2.45) is 0 Å². The highest BCUT2D eigenvalue weighted by molar-refractivity contribution is 9.10. The number of fused-ring (bicyclic) bond motifs is 1. The third-order valence-corrected chi connectivity index (χ3v) is 3.12. The van der Waals surface area contributed by atoms with Crippen molar-refractivity contribution in [2.45, 2.75) is 6.92 Å². The molecule has 0 radical (unpaired) electrons. The van der Waals surface area contributed by atoms with E-state index in [-0.39, 0.29) is 22.0 Å². The molecule has 0 fully saturated rings. The SMILES string of the molecule is Cc1c(C(=O)O)c2cc(F)cc(Br)c2[nH]c1=O. The number of H-pyrrole nitrogens is 1. The fourth-order valence-electron chi connectivity index (χ4n) is 1.70. The van der Waals surface area contributed by atoms with Crippen LogP contribution in [0, 0.1) is 12.7 Å². The highest BCUT2D eigenvalue weighted by atomic mass is 79.9. The van der Waals surface area contributed by atoms with E-state index < -0.39 is 17.3 Å². The number of benzene rings is 1. The average molecular weight is 300 g/mol. The maximum absolute atomic E-state index is 13.3. The van der Waals surface area contributed by atoms with Crippen molar-refractivity contribution in [3.8, 4) is 0 Å². The number of hydrogen-bond donors (Lipinski definition) is 2. The van der Waals surface area contributed by atoms with E-state index in [4.69, 9.17) is 5.11 Å². The number of rotatable bonds is 1. The third kappa shape index (κ3) is 1.84. The summed E-state index contributed by atoms with van der Waals surface area (Å²) in [4.78, 5) is 25.2. The van der Waals surface area contributed by atoms with Gasteiger partial charge in [0.25, 0.3) is 5.56 Å². The van der Waals surface area contributed by atoms with Crippen LogP contribution in [0.2, 0.25) is 0 Å². The number of carboxylic acids is 1. The molecule has 0 spiro atoms. The predicted octanol–water partition coefficient (Wildman–Crippen LogP) is 2.44. The van der Waals surface area contributed by atoms with Crippen LogP contribution in [0.3, 0.4) is 0 Å². The van der Waals surface area contributed by atoms with Crippen molar-refractivity contribution in [3.05, 3.63) is 43.9 Å². The van der Waals surface area contributed by atoms with Crippen molar-refractivity contribution in [3.63, 3.8) is 0 Å². The molecule has 1 heterocycles. The molecule has 1 aromatic carbocycles. The Morgan fingerprint density at radius 3 is 2.71 bits per heavy atom. The molecular formula is C11H7BrFNO3. The van der Waals surface area contributed by atoms with Gasteiger partial charge < -0.3 is 10.1 Å². The average Bonchev–Trinajstić information content (AvgIpc) is 2.20. The molecule has 0 aliphatic rings. The molecule has 1 aromatic heterocycles. The molecular weight excluding hydrogens is 293 g/mol. The minimum absolute atomic E-state index is 0.0579. The van der Waals surface area contributed by atoms with E-state index in [2.05, 4.69) is 20.9 Å². The first-order chi connectivity index (χ1) is 7.91. The van der Waals surface area contributed by atoms with Gasteiger partial charge in [0.05, 0.1) is 11.1 Å². The Bertz CT molecular complexity index is 693. The normalized spacial score (nSPS) is 10.8. The summed E-state index contributed by atoms with van der Waals surface area (Å²) in [7, 11) is 0. The Hall–Kier alpha value is -1.69. The quantitative estimate of drug-likeness (QED) is 0.849. The first-order valence-electron chi connectivity index (χ1n) is 4.66. The second kappa shape index (κ2) is 3.96. The van der Waals surface area contributed by atoms with Gasteiger partial charge in [-0.2, -0.15) is 0 Å². The maximum Gasteiger partial charge on any atom is 0.336 e. The number of aromatic carboxylic acids is 1. The van der Waals surface area contributed by atoms with Crippen LogP contribution in [0.4, 0.5) is 4.39 Å². The number of halogens is 2. The molecule has 6 heteroatoms. The Labute approximate surface area is 103 Å². The third-order valence-electron chi connectivity index (χ3n) is 2.49.